The predicted octanol–water partition coefficient (Wildman–Crippen LogP) is 2.64. The van der Waals surface area contributed by atoms with Gasteiger partial charge in [0.25, 0.3) is 5.91 Å². The standard InChI is InChI=1S/C14H17FN4O3S/c1-14(2,3)8-9(15)23-13(18-8)19-10(20)7-11(21-4)16-6-17-12(7)22-5/h6H,1-5H3,(H,18,19,20). The van der Waals surface area contributed by atoms with Crippen molar-refractivity contribution in [2.75, 3.05) is 19.5 Å². The number of aromatic nitrogens is 3. The number of methoxy groups -OCH3 is 2. The second-order valence-electron chi connectivity index (χ2n) is 5.61. The zero-order chi connectivity index (χ0) is 17.2. The van der Waals surface area contributed by atoms with Gasteiger partial charge >= 0.3 is 0 Å². The molecule has 0 unspecified atom stereocenters. The molecule has 23 heavy (non-hydrogen) atoms. The molecule has 0 atom stereocenters. The van der Waals surface area contributed by atoms with Gasteiger partial charge in [-0.1, -0.05) is 32.1 Å². The number of anilines is 1. The Hall–Kier alpha value is -2.29. The Labute approximate surface area is 136 Å². The van der Waals surface area contributed by atoms with Crippen LogP contribution in [0.4, 0.5) is 9.52 Å². The monoisotopic (exact) mass is 340 g/mol. The Morgan fingerprint density at radius 3 is 2.22 bits per heavy atom. The molecule has 0 fully saturated rings. The number of ether oxygens (including phenoxy) is 2. The van der Waals surface area contributed by atoms with Gasteiger partial charge in [0.1, 0.15) is 6.33 Å². The van der Waals surface area contributed by atoms with E-state index < -0.39 is 16.5 Å². The van der Waals surface area contributed by atoms with E-state index in [9.17, 15) is 9.18 Å². The molecule has 0 bridgehead atoms. The van der Waals surface area contributed by atoms with Crippen LogP contribution in [0.2, 0.25) is 0 Å². The molecule has 0 aliphatic carbocycles. The summed E-state index contributed by atoms with van der Waals surface area (Å²) in [5, 5.41) is 2.24. The molecule has 0 saturated heterocycles. The molecular weight excluding hydrogens is 323 g/mol. The van der Waals surface area contributed by atoms with Crippen LogP contribution in [0.15, 0.2) is 6.33 Å². The largest absolute Gasteiger partial charge is 0.480 e. The van der Waals surface area contributed by atoms with Gasteiger partial charge in [-0.15, -0.1) is 0 Å². The zero-order valence-corrected chi connectivity index (χ0v) is 14.2. The first-order valence-electron chi connectivity index (χ1n) is 6.69. The summed E-state index contributed by atoms with van der Waals surface area (Å²) in [6.07, 6.45) is 1.22. The van der Waals surface area contributed by atoms with Crippen molar-refractivity contribution in [3.8, 4) is 11.8 Å². The zero-order valence-electron chi connectivity index (χ0n) is 13.4. The molecule has 1 N–H and O–H groups in total. The lowest BCUT2D eigenvalue weighted by Gasteiger charge is -2.14. The number of rotatable bonds is 4. The van der Waals surface area contributed by atoms with Gasteiger partial charge in [0.15, 0.2) is 10.7 Å². The maximum absolute atomic E-state index is 14.0. The van der Waals surface area contributed by atoms with E-state index in [0.29, 0.717) is 5.69 Å². The Morgan fingerprint density at radius 2 is 1.78 bits per heavy atom. The first-order chi connectivity index (χ1) is 10.8. The van der Waals surface area contributed by atoms with Gasteiger partial charge in [0, 0.05) is 5.41 Å². The molecule has 2 aromatic rings. The van der Waals surface area contributed by atoms with Crippen molar-refractivity contribution in [3.05, 3.63) is 22.7 Å². The number of carbonyl (C=O) groups is 1. The number of hydrogen-bond donors (Lipinski definition) is 1. The van der Waals surface area contributed by atoms with Crippen molar-refractivity contribution in [3.63, 3.8) is 0 Å². The van der Waals surface area contributed by atoms with Crippen molar-refractivity contribution in [1.29, 1.82) is 0 Å². The second kappa shape index (κ2) is 6.45. The van der Waals surface area contributed by atoms with Crippen LogP contribution in [0, 0.1) is 5.13 Å². The summed E-state index contributed by atoms with van der Waals surface area (Å²) < 4.78 is 24.1. The highest BCUT2D eigenvalue weighted by Gasteiger charge is 2.26. The third kappa shape index (κ3) is 3.55. The molecular formula is C14H17FN4O3S. The molecule has 0 radical (unpaired) electrons. The fourth-order valence-electron chi connectivity index (χ4n) is 1.84. The van der Waals surface area contributed by atoms with Gasteiger partial charge in [0.05, 0.1) is 19.9 Å². The van der Waals surface area contributed by atoms with Gasteiger partial charge < -0.3 is 9.47 Å². The third-order valence-corrected chi connectivity index (χ3v) is 3.67. The maximum atomic E-state index is 14.0. The van der Waals surface area contributed by atoms with Crippen LogP contribution in [-0.2, 0) is 5.41 Å². The van der Waals surface area contributed by atoms with E-state index >= 15 is 0 Å². The van der Waals surface area contributed by atoms with Crippen LogP contribution in [0.1, 0.15) is 36.8 Å². The Kier molecular flexibility index (Phi) is 4.79. The predicted molar refractivity (Wildman–Crippen MR) is 83.9 cm³/mol. The molecule has 0 spiro atoms. The lowest BCUT2D eigenvalue weighted by molar-refractivity contribution is 0.101. The topological polar surface area (TPSA) is 86.2 Å². The second-order valence-corrected chi connectivity index (χ2v) is 6.56. The Morgan fingerprint density at radius 1 is 1.22 bits per heavy atom. The number of nitrogens with one attached hydrogen (secondary N) is 1. The van der Waals surface area contributed by atoms with E-state index in [2.05, 4.69) is 20.3 Å². The number of halogens is 1. The molecule has 124 valence electrons. The highest BCUT2D eigenvalue weighted by Crippen LogP contribution is 2.31. The molecule has 9 heteroatoms. The first kappa shape index (κ1) is 17.1. The van der Waals surface area contributed by atoms with Gasteiger partial charge in [-0.05, 0) is 0 Å². The highest BCUT2D eigenvalue weighted by atomic mass is 32.1. The lowest BCUT2D eigenvalue weighted by Crippen LogP contribution is -2.17. The van der Waals surface area contributed by atoms with Crippen LogP contribution < -0.4 is 14.8 Å². The van der Waals surface area contributed by atoms with E-state index in [4.69, 9.17) is 9.47 Å². The van der Waals surface area contributed by atoms with Crippen molar-refractivity contribution in [2.45, 2.75) is 26.2 Å². The first-order valence-corrected chi connectivity index (χ1v) is 7.50. The minimum atomic E-state index is -0.589. The molecule has 2 rings (SSSR count). The Balaban J connectivity index is 2.34. The van der Waals surface area contributed by atoms with E-state index in [1.165, 1.54) is 20.5 Å². The van der Waals surface area contributed by atoms with Gasteiger partial charge in [-0.2, -0.15) is 4.39 Å². The van der Waals surface area contributed by atoms with E-state index in [-0.39, 0.29) is 22.5 Å². The number of carbonyl (C=O) groups excluding carboxylic acids is 1. The molecule has 0 aliphatic rings. The average molecular weight is 340 g/mol. The van der Waals surface area contributed by atoms with Crippen molar-refractivity contribution in [1.82, 2.24) is 15.0 Å². The molecule has 0 aliphatic heterocycles. The van der Waals surface area contributed by atoms with E-state index in [1.54, 1.807) is 0 Å². The number of nitrogens with zero attached hydrogens (tertiary/aromatic N) is 3. The molecule has 2 aromatic heterocycles. The van der Waals surface area contributed by atoms with Crippen LogP contribution in [-0.4, -0.2) is 35.1 Å². The SMILES string of the molecule is COc1ncnc(OC)c1C(=O)Nc1nc(C(C)(C)C)c(F)s1. The van der Waals surface area contributed by atoms with Gasteiger partial charge in [-0.25, -0.2) is 15.0 Å². The number of amides is 1. The summed E-state index contributed by atoms with van der Waals surface area (Å²) in [6.45, 7) is 5.52. The van der Waals surface area contributed by atoms with Crippen molar-refractivity contribution in [2.24, 2.45) is 0 Å². The summed E-state index contributed by atoms with van der Waals surface area (Å²) in [7, 11) is 2.75. The van der Waals surface area contributed by atoms with E-state index in [0.717, 1.165) is 11.3 Å². The molecule has 0 saturated carbocycles. The molecule has 2 heterocycles. The lowest BCUT2D eigenvalue weighted by atomic mass is 9.93. The number of thiazole rings is 1. The van der Waals surface area contributed by atoms with Crippen molar-refractivity contribution >= 4 is 22.4 Å². The average Bonchev–Trinajstić information content (AvgIpc) is 2.86. The minimum Gasteiger partial charge on any atom is -0.480 e. The van der Waals surface area contributed by atoms with Crippen LogP contribution in [0.25, 0.3) is 0 Å². The molecule has 1 amide bonds. The van der Waals surface area contributed by atoms with E-state index in [1.807, 2.05) is 20.8 Å². The quantitative estimate of drug-likeness (QED) is 0.921. The van der Waals surface area contributed by atoms with Gasteiger partial charge in [-0.3, -0.25) is 10.1 Å². The Bertz CT molecular complexity index is 705. The van der Waals surface area contributed by atoms with Crippen LogP contribution in [0.3, 0.4) is 0 Å². The summed E-state index contributed by atoms with van der Waals surface area (Å²) >= 11 is 0.759. The van der Waals surface area contributed by atoms with Gasteiger partial charge in [0.2, 0.25) is 16.9 Å². The third-order valence-electron chi connectivity index (χ3n) is 2.91. The van der Waals surface area contributed by atoms with Crippen LogP contribution >= 0.6 is 11.3 Å². The normalized spacial score (nSPS) is 11.2. The molecule has 0 aromatic carbocycles. The summed E-state index contributed by atoms with van der Waals surface area (Å²) in [5.41, 5.74) is -0.152. The smallest absolute Gasteiger partial charge is 0.268 e. The summed E-state index contributed by atoms with van der Waals surface area (Å²) in [4.78, 5) is 24.3. The maximum Gasteiger partial charge on any atom is 0.268 e. The summed E-state index contributed by atoms with van der Waals surface area (Å²) in [5.74, 6) is -0.474. The minimum absolute atomic E-state index is 0.0189. The fraction of sp³-hybridized carbons (Fsp3) is 0.429. The molecule has 7 nitrogen and oxygen atoms in total. The van der Waals surface area contributed by atoms with Crippen LogP contribution in [0.5, 0.6) is 11.8 Å². The fourth-order valence-corrected chi connectivity index (χ4v) is 2.73. The number of hydrogen-bond acceptors (Lipinski definition) is 7. The van der Waals surface area contributed by atoms with Crippen molar-refractivity contribution < 1.29 is 18.7 Å². The highest BCUT2D eigenvalue weighted by molar-refractivity contribution is 7.14. The summed E-state index contributed by atoms with van der Waals surface area (Å²) in [6, 6.07) is 0.